The fraction of sp³-hybridized carbons (Fsp3) is 0.600. The van der Waals surface area contributed by atoms with Crippen LogP contribution in [-0.2, 0) is 15.1 Å². The summed E-state index contributed by atoms with van der Waals surface area (Å²) in [5, 5.41) is 6.33. The first-order chi connectivity index (χ1) is 12.2. The summed E-state index contributed by atoms with van der Waals surface area (Å²) >= 11 is 0. The summed E-state index contributed by atoms with van der Waals surface area (Å²) in [6.45, 7) is 0.902. The third-order valence-corrected chi connectivity index (χ3v) is 6.79. The average molecular weight is 339 g/mol. The first-order valence-electron chi connectivity index (χ1n) is 9.69. The zero-order valence-corrected chi connectivity index (χ0v) is 14.5. The zero-order valence-electron chi connectivity index (χ0n) is 14.5. The summed E-state index contributed by atoms with van der Waals surface area (Å²) in [5.41, 5.74) is 1.06. The Morgan fingerprint density at radius 1 is 1.16 bits per heavy atom. The van der Waals surface area contributed by atoms with E-state index in [0.717, 1.165) is 49.9 Å². The minimum Gasteiger partial charge on any atom is -0.353 e. The highest BCUT2D eigenvalue weighted by molar-refractivity contribution is 6.09. The summed E-state index contributed by atoms with van der Waals surface area (Å²) in [6, 6.07) is 8.55. The quantitative estimate of drug-likeness (QED) is 0.870. The van der Waals surface area contributed by atoms with Crippen LogP contribution in [0.15, 0.2) is 24.3 Å². The molecule has 3 heterocycles. The first-order valence-corrected chi connectivity index (χ1v) is 9.69. The number of carbonyl (C=O) groups is 2. The number of hydrogen-bond donors (Lipinski definition) is 2. The van der Waals surface area contributed by atoms with Crippen molar-refractivity contribution in [1.82, 2.24) is 10.2 Å². The molecule has 3 fully saturated rings. The van der Waals surface area contributed by atoms with Crippen molar-refractivity contribution < 1.29 is 9.59 Å². The van der Waals surface area contributed by atoms with Crippen molar-refractivity contribution in [2.45, 2.75) is 62.6 Å². The molecule has 1 saturated carbocycles. The topological polar surface area (TPSA) is 61.4 Å². The number of para-hydroxylation sites is 1. The van der Waals surface area contributed by atoms with Crippen LogP contribution in [0.3, 0.4) is 0 Å². The van der Waals surface area contributed by atoms with E-state index in [-0.39, 0.29) is 17.7 Å². The van der Waals surface area contributed by atoms with E-state index in [1.165, 1.54) is 12.8 Å². The molecule has 5 heteroatoms. The number of benzene rings is 1. The van der Waals surface area contributed by atoms with Crippen molar-refractivity contribution in [3.05, 3.63) is 29.8 Å². The Kier molecular flexibility index (Phi) is 3.42. The van der Waals surface area contributed by atoms with Gasteiger partial charge in [-0.05, 0) is 44.7 Å². The zero-order chi connectivity index (χ0) is 17.0. The Labute approximate surface area is 148 Å². The Morgan fingerprint density at radius 2 is 1.96 bits per heavy atom. The van der Waals surface area contributed by atoms with E-state index >= 15 is 0 Å². The molecule has 0 radical (unpaired) electrons. The maximum absolute atomic E-state index is 13.2. The second kappa shape index (κ2) is 5.56. The molecular weight excluding hydrogens is 314 g/mol. The molecule has 1 aliphatic carbocycles. The summed E-state index contributed by atoms with van der Waals surface area (Å²) in [5.74, 6) is -0.222. The van der Waals surface area contributed by atoms with E-state index in [1.807, 2.05) is 24.3 Å². The maximum Gasteiger partial charge on any atom is 0.250 e. The lowest BCUT2D eigenvalue weighted by molar-refractivity contribution is -0.137. The van der Waals surface area contributed by atoms with Crippen LogP contribution >= 0.6 is 0 Å². The first kappa shape index (κ1) is 15.4. The summed E-state index contributed by atoms with van der Waals surface area (Å²) in [7, 11) is 0. The molecule has 1 aromatic rings. The lowest BCUT2D eigenvalue weighted by Gasteiger charge is -2.36. The molecule has 2 amide bonds. The van der Waals surface area contributed by atoms with Gasteiger partial charge in [-0.1, -0.05) is 31.0 Å². The number of nitrogens with one attached hydrogen (secondary N) is 2. The largest absolute Gasteiger partial charge is 0.353 e. The number of fused-ring (bicyclic) bond motifs is 4. The predicted octanol–water partition coefficient (Wildman–Crippen LogP) is 2.38. The predicted molar refractivity (Wildman–Crippen MR) is 95.0 cm³/mol. The van der Waals surface area contributed by atoms with Gasteiger partial charge in [0.25, 0.3) is 0 Å². The molecule has 1 spiro atoms. The van der Waals surface area contributed by atoms with Gasteiger partial charge in [0.1, 0.15) is 5.54 Å². The van der Waals surface area contributed by atoms with Crippen LogP contribution in [0.4, 0.5) is 5.69 Å². The van der Waals surface area contributed by atoms with Crippen molar-refractivity contribution in [2.75, 3.05) is 11.9 Å². The summed E-state index contributed by atoms with van der Waals surface area (Å²) < 4.78 is 0. The van der Waals surface area contributed by atoms with Crippen LogP contribution in [0.2, 0.25) is 0 Å². The van der Waals surface area contributed by atoms with Crippen molar-refractivity contribution in [3.63, 3.8) is 0 Å². The highest BCUT2D eigenvalue weighted by Gasteiger charge is 2.65. The Balaban J connectivity index is 1.56. The number of hydrogen-bond acceptors (Lipinski definition) is 3. The van der Waals surface area contributed by atoms with Gasteiger partial charge >= 0.3 is 0 Å². The van der Waals surface area contributed by atoms with Crippen LogP contribution in [0.1, 0.15) is 50.5 Å². The molecule has 2 saturated heterocycles. The molecule has 0 bridgehead atoms. The number of rotatable bonds is 2. The van der Waals surface area contributed by atoms with Gasteiger partial charge in [0.2, 0.25) is 11.8 Å². The molecule has 0 unspecified atom stereocenters. The fourth-order valence-electron chi connectivity index (χ4n) is 5.75. The van der Waals surface area contributed by atoms with Crippen LogP contribution in [0.25, 0.3) is 0 Å². The number of nitrogens with zero attached hydrogens (tertiary/aromatic N) is 1. The molecule has 1 aromatic carbocycles. The Hall–Kier alpha value is -1.88. The van der Waals surface area contributed by atoms with E-state index in [9.17, 15) is 9.59 Å². The molecular formula is C20H25N3O2. The molecule has 3 atom stereocenters. The van der Waals surface area contributed by atoms with Gasteiger partial charge in [0.15, 0.2) is 0 Å². The van der Waals surface area contributed by atoms with Gasteiger partial charge in [-0.25, -0.2) is 0 Å². The van der Waals surface area contributed by atoms with E-state index in [4.69, 9.17) is 0 Å². The molecule has 0 aromatic heterocycles. The second-order valence-electron chi connectivity index (χ2n) is 8.03. The van der Waals surface area contributed by atoms with Crippen LogP contribution in [0, 0.1) is 5.92 Å². The highest BCUT2D eigenvalue weighted by atomic mass is 16.2. The second-order valence-corrected chi connectivity index (χ2v) is 8.03. The van der Waals surface area contributed by atoms with Gasteiger partial charge < -0.3 is 10.6 Å². The smallest absolute Gasteiger partial charge is 0.250 e. The van der Waals surface area contributed by atoms with E-state index in [0.29, 0.717) is 12.1 Å². The number of anilines is 1. The standard InChI is InChI=1S/C20H25N3O2/c24-18(21-13-6-1-2-7-13)16-12-14-8-5-11-23(14)20(16)15-9-3-4-10-17(15)22-19(20)25/h3-4,9-10,13-14,16H,1-2,5-8,11-12H2,(H,21,24)(H,22,25)/t14-,16-,20+/m1/s1. The maximum atomic E-state index is 13.2. The molecule has 5 rings (SSSR count). The van der Waals surface area contributed by atoms with E-state index in [1.54, 1.807) is 0 Å². The molecule has 132 valence electrons. The fourth-order valence-corrected chi connectivity index (χ4v) is 5.75. The van der Waals surface area contributed by atoms with Crippen LogP contribution in [0.5, 0.6) is 0 Å². The molecule has 2 N–H and O–H groups in total. The number of carbonyl (C=O) groups excluding carboxylic acids is 2. The highest BCUT2D eigenvalue weighted by Crippen LogP contribution is 2.55. The lowest BCUT2D eigenvalue weighted by atomic mass is 9.78. The van der Waals surface area contributed by atoms with Gasteiger partial charge in [0, 0.05) is 23.3 Å². The average Bonchev–Trinajstić information content (AvgIpc) is 3.35. The van der Waals surface area contributed by atoms with Gasteiger partial charge in [-0.15, -0.1) is 0 Å². The van der Waals surface area contributed by atoms with Crippen molar-refractivity contribution in [2.24, 2.45) is 5.92 Å². The summed E-state index contributed by atoms with van der Waals surface area (Å²) in [6.07, 6.45) is 7.52. The van der Waals surface area contributed by atoms with Gasteiger partial charge in [0.05, 0.1) is 5.92 Å². The van der Waals surface area contributed by atoms with E-state index < -0.39 is 5.54 Å². The van der Waals surface area contributed by atoms with E-state index in [2.05, 4.69) is 15.5 Å². The SMILES string of the molecule is O=C(NC1CCCC1)[C@H]1C[C@H]2CCCN2[C@]12C(=O)Nc1ccccc12. The van der Waals surface area contributed by atoms with Crippen LogP contribution < -0.4 is 10.6 Å². The monoisotopic (exact) mass is 339 g/mol. The molecule has 4 aliphatic rings. The minimum atomic E-state index is -0.805. The van der Waals surface area contributed by atoms with Gasteiger partial charge in [-0.3, -0.25) is 14.5 Å². The van der Waals surface area contributed by atoms with Crippen molar-refractivity contribution in [3.8, 4) is 0 Å². The number of amides is 2. The molecule has 5 nitrogen and oxygen atoms in total. The normalized spacial score (nSPS) is 34.3. The third kappa shape index (κ3) is 2.05. The Bertz CT molecular complexity index is 727. The van der Waals surface area contributed by atoms with Crippen molar-refractivity contribution in [1.29, 1.82) is 0 Å². The van der Waals surface area contributed by atoms with Gasteiger partial charge in [-0.2, -0.15) is 0 Å². The third-order valence-electron chi connectivity index (χ3n) is 6.79. The Morgan fingerprint density at radius 3 is 2.80 bits per heavy atom. The summed E-state index contributed by atoms with van der Waals surface area (Å²) in [4.78, 5) is 28.8. The molecule has 3 aliphatic heterocycles. The van der Waals surface area contributed by atoms with Crippen molar-refractivity contribution >= 4 is 17.5 Å². The lowest BCUT2D eigenvalue weighted by Crippen LogP contribution is -2.55. The van der Waals surface area contributed by atoms with Crippen LogP contribution in [-0.4, -0.2) is 35.3 Å². The molecule has 25 heavy (non-hydrogen) atoms. The minimum absolute atomic E-state index is 0.00956.